The van der Waals surface area contributed by atoms with Crippen LogP contribution in [0, 0.1) is 11.8 Å². The number of rotatable bonds is 6. The summed E-state index contributed by atoms with van der Waals surface area (Å²) in [6.45, 7) is 0.825. The number of nitrogens with zero attached hydrogens (tertiary/aromatic N) is 1. The molecule has 2 atom stereocenters. The average Bonchev–Trinajstić information content (AvgIpc) is 2.38. The molecule has 5 nitrogen and oxygen atoms in total. The Morgan fingerprint density at radius 2 is 1.90 bits per heavy atom. The van der Waals surface area contributed by atoms with E-state index in [2.05, 4.69) is 15.9 Å². The highest BCUT2D eigenvalue weighted by atomic mass is 79.9. The number of carbonyl (C=O) groups is 2. The van der Waals surface area contributed by atoms with Crippen molar-refractivity contribution in [2.24, 2.45) is 11.8 Å². The molecule has 0 aliphatic heterocycles. The van der Waals surface area contributed by atoms with Gasteiger partial charge in [0, 0.05) is 11.5 Å². The number of hydrogen-bond acceptors (Lipinski definition) is 3. The fourth-order valence-corrected chi connectivity index (χ4v) is 2.58. The highest BCUT2D eigenvalue weighted by Crippen LogP contribution is 2.35. The maximum Gasteiger partial charge on any atom is 0.307 e. The second-order valence-electron chi connectivity index (χ2n) is 5.19. The number of hydrogen-bond donors (Lipinski definition) is 1. The number of carboxylic acids is 1. The van der Waals surface area contributed by atoms with E-state index < -0.39 is 11.9 Å². The summed E-state index contributed by atoms with van der Waals surface area (Å²) in [7, 11) is 1.69. The van der Waals surface area contributed by atoms with Gasteiger partial charge < -0.3 is 14.7 Å². The van der Waals surface area contributed by atoms with Gasteiger partial charge in [0.05, 0.1) is 18.4 Å². The summed E-state index contributed by atoms with van der Waals surface area (Å²) in [5.74, 6) is -1.13. The Morgan fingerprint density at radius 1 is 1.29 bits per heavy atom. The zero-order valence-corrected chi connectivity index (χ0v) is 13.4. The molecule has 0 heterocycles. The molecule has 1 aliphatic rings. The summed E-state index contributed by atoms with van der Waals surface area (Å²) in [6, 6.07) is 7.46. The van der Waals surface area contributed by atoms with Crippen LogP contribution in [0.3, 0.4) is 0 Å². The Kier molecular flexibility index (Phi) is 5.22. The first-order chi connectivity index (χ1) is 9.99. The molecule has 0 radical (unpaired) electrons. The second kappa shape index (κ2) is 6.93. The van der Waals surface area contributed by atoms with Crippen LogP contribution in [0.4, 0.5) is 0 Å². The zero-order valence-electron chi connectivity index (χ0n) is 11.8. The highest BCUT2D eigenvalue weighted by molar-refractivity contribution is 9.10. The number of amides is 1. The van der Waals surface area contributed by atoms with Gasteiger partial charge in [-0.15, -0.1) is 0 Å². The Bertz CT molecular complexity index is 517. The summed E-state index contributed by atoms with van der Waals surface area (Å²) in [6.07, 6.45) is 1.25. The number of carbonyl (C=O) groups excluding carboxylic acids is 1. The zero-order chi connectivity index (χ0) is 15.4. The Balaban J connectivity index is 1.76. The van der Waals surface area contributed by atoms with E-state index in [1.807, 2.05) is 24.3 Å². The monoisotopic (exact) mass is 355 g/mol. The van der Waals surface area contributed by atoms with Crippen LogP contribution in [-0.4, -0.2) is 42.1 Å². The van der Waals surface area contributed by atoms with E-state index in [-0.39, 0.29) is 11.8 Å². The second-order valence-corrected chi connectivity index (χ2v) is 6.11. The van der Waals surface area contributed by atoms with Crippen molar-refractivity contribution < 1.29 is 19.4 Å². The molecule has 1 amide bonds. The standard InChI is InChI=1S/C15H18BrNO4/c1-17(14(18)12-6-7-13(12)15(19)20)8-9-21-11-4-2-10(16)3-5-11/h2-5,12-13H,6-9H2,1H3,(H,19,20). The van der Waals surface area contributed by atoms with Crippen LogP contribution >= 0.6 is 15.9 Å². The van der Waals surface area contributed by atoms with E-state index >= 15 is 0 Å². The Hall–Kier alpha value is -1.56. The molecule has 2 unspecified atom stereocenters. The van der Waals surface area contributed by atoms with E-state index in [0.29, 0.717) is 26.0 Å². The van der Waals surface area contributed by atoms with E-state index in [4.69, 9.17) is 9.84 Å². The van der Waals surface area contributed by atoms with Crippen LogP contribution in [-0.2, 0) is 9.59 Å². The summed E-state index contributed by atoms with van der Waals surface area (Å²) in [5, 5.41) is 8.98. The number of carboxylic acid groups (broad SMARTS) is 1. The van der Waals surface area contributed by atoms with Crippen molar-refractivity contribution >= 4 is 27.8 Å². The fourth-order valence-electron chi connectivity index (χ4n) is 2.32. The number of ether oxygens (including phenoxy) is 1. The van der Waals surface area contributed by atoms with Crippen LogP contribution in [0.15, 0.2) is 28.7 Å². The van der Waals surface area contributed by atoms with Gasteiger partial charge in [-0.2, -0.15) is 0 Å². The van der Waals surface area contributed by atoms with Crippen molar-refractivity contribution in [2.45, 2.75) is 12.8 Å². The molecule has 0 saturated heterocycles. The van der Waals surface area contributed by atoms with Gasteiger partial charge in [0.15, 0.2) is 0 Å². The molecule has 0 bridgehead atoms. The number of benzene rings is 1. The molecule has 1 N–H and O–H groups in total. The lowest BCUT2D eigenvalue weighted by Crippen LogP contribution is -2.45. The summed E-state index contributed by atoms with van der Waals surface area (Å²) >= 11 is 3.35. The SMILES string of the molecule is CN(CCOc1ccc(Br)cc1)C(=O)C1CCC1C(=O)O. The largest absolute Gasteiger partial charge is 0.492 e. The average molecular weight is 356 g/mol. The molecule has 2 rings (SSSR count). The van der Waals surface area contributed by atoms with Gasteiger partial charge in [-0.1, -0.05) is 15.9 Å². The van der Waals surface area contributed by atoms with Crippen molar-refractivity contribution in [1.29, 1.82) is 0 Å². The molecule has 1 aromatic carbocycles. The Labute approximate surface area is 132 Å². The predicted octanol–water partition coefficient (Wildman–Crippen LogP) is 2.40. The van der Waals surface area contributed by atoms with Gasteiger partial charge in [-0.05, 0) is 37.1 Å². The van der Waals surface area contributed by atoms with Gasteiger partial charge >= 0.3 is 5.97 Å². The molecule has 1 fully saturated rings. The van der Waals surface area contributed by atoms with Crippen molar-refractivity contribution in [1.82, 2.24) is 4.90 Å². The van der Waals surface area contributed by atoms with Crippen LogP contribution < -0.4 is 4.74 Å². The molecular weight excluding hydrogens is 338 g/mol. The van der Waals surface area contributed by atoms with Gasteiger partial charge in [0.1, 0.15) is 12.4 Å². The third kappa shape index (κ3) is 3.97. The van der Waals surface area contributed by atoms with E-state index in [1.165, 1.54) is 0 Å². The van der Waals surface area contributed by atoms with Gasteiger partial charge in [-0.3, -0.25) is 9.59 Å². The third-order valence-corrected chi connectivity index (χ3v) is 4.32. The van der Waals surface area contributed by atoms with Crippen molar-refractivity contribution in [3.05, 3.63) is 28.7 Å². The maximum atomic E-state index is 12.1. The van der Waals surface area contributed by atoms with Crippen molar-refractivity contribution in [3.8, 4) is 5.75 Å². The van der Waals surface area contributed by atoms with E-state index in [9.17, 15) is 9.59 Å². The van der Waals surface area contributed by atoms with Crippen LogP contribution in [0.25, 0.3) is 0 Å². The smallest absolute Gasteiger partial charge is 0.307 e. The first kappa shape index (κ1) is 15.8. The minimum atomic E-state index is -0.876. The fraction of sp³-hybridized carbons (Fsp3) is 0.467. The van der Waals surface area contributed by atoms with Gasteiger partial charge in [0.25, 0.3) is 0 Å². The molecule has 1 saturated carbocycles. The lowest BCUT2D eigenvalue weighted by atomic mass is 9.73. The van der Waals surface area contributed by atoms with Gasteiger partial charge in [-0.25, -0.2) is 0 Å². The van der Waals surface area contributed by atoms with Crippen molar-refractivity contribution in [2.75, 3.05) is 20.2 Å². The molecule has 0 aromatic heterocycles. The first-order valence-electron chi connectivity index (χ1n) is 6.85. The minimum absolute atomic E-state index is 0.104. The van der Waals surface area contributed by atoms with Gasteiger partial charge in [0.2, 0.25) is 5.91 Å². The quantitative estimate of drug-likeness (QED) is 0.850. The minimum Gasteiger partial charge on any atom is -0.492 e. The number of aliphatic carboxylic acids is 1. The molecule has 6 heteroatoms. The predicted molar refractivity (Wildman–Crippen MR) is 81.1 cm³/mol. The lowest BCUT2D eigenvalue weighted by Gasteiger charge is -2.34. The normalized spacial score (nSPS) is 20.5. The molecule has 1 aliphatic carbocycles. The molecule has 1 aromatic rings. The topological polar surface area (TPSA) is 66.8 Å². The number of halogens is 1. The molecule has 114 valence electrons. The molecular formula is C15H18BrNO4. The summed E-state index contributed by atoms with van der Waals surface area (Å²) in [5.41, 5.74) is 0. The summed E-state index contributed by atoms with van der Waals surface area (Å²) < 4.78 is 6.54. The maximum absolute atomic E-state index is 12.1. The van der Waals surface area contributed by atoms with E-state index in [0.717, 1.165) is 10.2 Å². The first-order valence-corrected chi connectivity index (χ1v) is 7.64. The lowest BCUT2D eigenvalue weighted by molar-refractivity contribution is -0.156. The Morgan fingerprint density at radius 3 is 2.43 bits per heavy atom. The van der Waals surface area contributed by atoms with Crippen LogP contribution in [0.2, 0.25) is 0 Å². The van der Waals surface area contributed by atoms with E-state index in [1.54, 1.807) is 11.9 Å². The summed E-state index contributed by atoms with van der Waals surface area (Å²) in [4.78, 5) is 24.6. The third-order valence-electron chi connectivity index (χ3n) is 3.79. The molecule has 0 spiro atoms. The molecule has 21 heavy (non-hydrogen) atoms. The highest BCUT2D eigenvalue weighted by Gasteiger charge is 2.42. The van der Waals surface area contributed by atoms with Crippen LogP contribution in [0.5, 0.6) is 5.75 Å². The van der Waals surface area contributed by atoms with Crippen LogP contribution in [0.1, 0.15) is 12.8 Å². The number of likely N-dealkylation sites (N-methyl/N-ethyl adjacent to an activating group) is 1. The van der Waals surface area contributed by atoms with Crippen molar-refractivity contribution in [3.63, 3.8) is 0 Å².